The van der Waals surface area contributed by atoms with Gasteiger partial charge in [-0.3, -0.25) is 4.79 Å². The number of nitrogens with two attached hydrogens (primary N) is 1. The van der Waals surface area contributed by atoms with E-state index in [-0.39, 0.29) is 11.9 Å². The second-order valence-corrected chi connectivity index (χ2v) is 4.63. The molecule has 1 aromatic heterocycles. The Balaban J connectivity index is 2.29. The van der Waals surface area contributed by atoms with Crippen molar-refractivity contribution >= 4 is 16.9 Å². The van der Waals surface area contributed by atoms with E-state index in [9.17, 15) is 4.79 Å². The molecule has 0 bridgehead atoms. The van der Waals surface area contributed by atoms with Crippen LogP contribution in [-0.2, 0) is 6.42 Å². The van der Waals surface area contributed by atoms with Crippen molar-refractivity contribution in [1.29, 1.82) is 0 Å². The number of amides is 1. The standard InChI is InChI=1S/C14H18N2O2/c1-9(2)16-14(17)11-4-3-10-7-12(5-6-15)18-13(10)8-11/h3-4,7-9H,5-6,15H2,1-2H3,(H,16,17). The predicted molar refractivity (Wildman–Crippen MR) is 71.6 cm³/mol. The summed E-state index contributed by atoms with van der Waals surface area (Å²) in [6.07, 6.45) is 0.711. The fraction of sp³-hybridized carbons (Fsp3) is 0.357. The first kappa shape index (κ1) is 12.6. The Bertz CT molecular complexity index is 558. The zero-order valence-electron chi connectivity index (χ0n) is 10.7. The SMILES string of the molecule is CC(C)NC(=O)c1ccc2cc(CCN)oc2c1. The van der Waals surface area contributed by atoms with Gasteiger partial charge in [0, 0.05) is 23.4 Å². The summed E-state index contributed by atoms with van der Waals surface area (Å²) in [4.78, 5) is 11.9. The summed E-state index contributed by atoms with van der Waals surface area (Å²) in [5.74, 6) is 0.776. The van der Waals surface area contributed by atoms with Crippen LogP contribution in [0.2, 0.25) is 0 Å². The number of furan rings is 1. The number of rotatable bonds is 4. The lowest BCUT2D eigenvalue weighted by Gasteiger charge is -2.07. The molecule has 0 atom stereocenters. The molecule has 0 saturated carbocycles. The van der Waals surface area contributed by atoms with Crippen LogP contribution in [0.3, 0.4) is 0 Å². The highest BCUT2D eigenvalue weighted by Crippen LogP contribution is 2.21. The molecule has 18 heavy (non-hydrogen) atoms. The quantitative estimate of drug-likeness (QED) is 0.867. The van der Waals surface area contributed by atoms with Crippen LogP contribution in [-0.4, -0.2) is 18.5 Å². The molecule has 2 aromatic rings. The molecule has 4 heteroatoms. The maximum absolute atomic E-state index is 11.9. The van der Waals surface area contributed by atoms with Crippen LogP contribution in [0.25, 0.3) is 11.0 Å². The minimum absolute atomic E-state index is 0.0799. The van der Waals surface area contributed by atoms with E-state index in [1.807, 2.05) is 32.0 Å². The fourth-order valence-corrected chi connectivity index (χ4v) is 1.84. The van der Waals surface area contributed by atoms with Crippen LogP contribution in [0.4, 0.5) is 0 Å². The second-order valence-electron chi connectivity index (χ2n) is 4.63. The highest BCUT2D eigenvalue weighted by Gasteiger charge is 2.10. The number of hydrogen-bond acceptors (Lipinski definition) is 3. The van der Waals surface area contributed by atoms with Crippen LogP contribution in [0, 0.1) is 0 Å². The van der Waals surface area contributed by atoms with Gasteiger partial charge in [0.15, 0.2) is 0 Å². The van der Waals surface area contributed by atoms with Gasteiger partial charge in [-0.2, -0.15) is 0 Å². The Morgan fingerprint density at radius 3 is 2.83 bits per heavy atom. The minimum atomic E-state index is -0.0799. The van der Waals surface area contributed by atoms with E-state index in [1.165, 1.54) is 0 Å². The predicted octanol–water partition coefficient (Wildman–Crippen LogP) is 2.07. The molecule has 0 aliphatic rings. The van der Waals surface area contributed by atoms with Gasteiger partial charge in [0.25, 0.3) is 5.91 Å². The average Bonchev–Trinajstić information content (AvgIpc) is 2.69. The van der Waals surface area contributed by atoms with Gasteiger partial charge in [-0.1, -0.05) is 6.07 Å². The van der Waals surface area contributed by atoms with Crippen molar-refractivity contribution in [3.63, 3.8) is 0 Å². The van der Waals surface area contributed by atoms with Crippen molar-refractivity contribution in [2.75, 3.05) is 6.54 Å². The third kappa shape index (κ3) is 2.71. The van der Waals surface area contributed by atoms with E-state index in [1.54, 1.807) is 6.07 Å². The van der Waals surface area contributed by atoms with Gasteiger partial charge in [-0.15, -0.1) is 0 Å². The summed E-state index contributed by atoms with van der Waals surface area (Å²) in [6, 6.07) is 7.56. The smallest absolute Gasteiger partial charge is 0.251 e. The first-order valence-corrected chi connectivity index (χ1v) is 6.13. The number of nitrogens with one attached hydrogen (secondary N) is 1. The number of hydrogen-bond donors (Lipinski definition) is 2. The van der Waals surface area contributed by atoms with Gasteiger partial charge < -0.3 is 15.5 Å². The zero-order chi connectivity index (χ0) is 13.1. The summed E-state index contributed by atoms with van der Waals surface area (Å²) < 4.78 is 5.64. The summed E-state index contributed by atoms with van der Waals surface area (Å²) in [7, 11) is 0. The summed E-state index contributed by atoms with van der Waals surface area (Å²) >= 11 is 0. The molecule has 0 unspecified atom stereocenters. The van der Waals surface area contributed by atoms with Crippen LogP contribution >= 0.6 is 0 Å². The van der Waals surface area contributed by atoms with Crippen LogP contribution in [0.1, 0.15) is 30.0 Å². The Hall–Kier alpha value is -1.81. The third-order valence-electron chi connectivity index (χ3n) is 2.64. The van der Waals surface area contributed by atoms with E-state index < -0.39 is 0 Å². The van der Waals surface area contributed by atoms with E-state index >= 15 is 0 Å². The van der Waals surface area contributed by atoms with Crippen molar-refractivity contribution in [3.05, 3.63) is 35.6 Å². The van der Waals surface area contributed by atoms with Crippen molar-refractivity contribution in [2.24, 2.45) is 5.73 Å². The molecule has 96 valence electrons. The van der Waals surface area contributed by atoms with Gasteiger partial charge in [0.2, 0.25) is 0 Å². The zero-order valence-corrected chi connectivity index (χ0v) is 10.7. The normalized spacial score (nSPS) is 11.1. The number of carbonyl (C=O) groups excluding carboxylic acids is 1. The molecule has 4 nitrogen and oxygen atoms in total. The summed E-state index contributed by atoms with van der Waals surface area (Å²) in [5.41, 5.74) is 6.84. The molecule has 2 rings (SSSR count). The first-order chi connectivity index (χ1) is 8.60. The molecule has 0 radical (unpaired) electrons. The van der Waals surface area contributed by atoms with E-state index in [2.05, 4.69) is 5.32 Å². The Morgan fingerprint density at radius 2 is 2.17 bits per heavy atom. The molecule has 1 amide bonds. The van der Waals surface area contributed by atoms with Crippen LogP contribution < -0.4 is 11.1 Å². The van der Waals surface area contributed by atoms with Gasteiger partial charge in [-0.25, -0.2) is 0 Å². The lowest BCUT2D eigenvalue weighted by atomic mass is 10.1. The lowest BCUT2D eigenvalue weighted by Crippen LogP contribution is -2.29. The minimum Gasteiger partial charge on any atom is -0.461 e. The molecule has 0 saturated heterocycles. The Morgan fingerprint density at radius 1 is 1.39 bits per heavy atom. The van der Waals surface area contributed by atoms with E-state index in [4.69, 9.17) is 10.2 Å². The lowest BCUT2D eigenvalue weighted by molar-refractivity contribution is 0.0943. The largest absolute Gasteiger partial charge is 0.461 e. The maximum atomic E-state index is 11.9. The molecule has 1 aromatic carbocycles. The van der Waals surface area contributed by atoms with Gasteiger partial charge >= 0.3 is 0 Å². The Kier molecular flexibility index (Phi) is 3.67. The molecule has 0 aliphatic heterocycles. The Labute approximate surface area is 106 Å². The topological polar surface area (TPSA) is 68.3 Å². The summed E-state index contributed by atoms with van der Waals surface area (Å²) in [5, 5.41) is 3.85. The van der Waals surface area contributed by atoms with Gasteiger partial charge in [0.1, 0.15) is 11.3 Å². The van der Waals surface area contributed by atoms with E-state index in [0.29, 0.717) is 18.5 Å². The number of fused-ring (bicyclic) bond motifs is 1. The number of benzene rings is 1. The van der Waals surface area contributed by atoms with Crippen molar-refractivity contribution in [1.82, 2.24) is 5.32 Å². The highest BCUT2D eigenvalue weighted by atomic mass is 16.3. The molecular formula is C14H18N2O2. The molecule has 1 heterocycles. The molecule has 0 fully saturated rings. The van der Waals surface area contributed by atoms with Crippen molar-refractivity contribution < 1.29 is 9.21 Å². The molecule has 0 spiro atoms. The first-order valence-electron chi connectivity index (χ1n) is 6.13. The molecule has 0 aliphatic carbocycles. The average molecular weight is 246 g/mol. The molecular weight excluding hydrogens is 228 g/mol. The van der Waals surface area contributed by atoms with Crippen molar-refractivity contribution in [3.8, 4) is 0 Å². The van der Waals surface area contributed by atoms with Crippen LogP contribution in [0.15, 0.2) is 28.7 Å². The summed E-state index contributed by atoms with van der Waals surface area (Å²) in [6.45, 7) is 4.42. The van der Waals surface area contributed by atoms with E-state index in [0.717, 1.165) is 16.7 Å². The highest BCUT2D eigenvalue weighted by molar-refractivity contribution is 5.97. The monoisotopic (exact) mass is 246 g/mol. The van der Waals surface area contributed by atoms with Gasteiger partial charge in [-0.05, 0) is 38.6 Å². The fourth-order valence-electron chi connectivity index (χ4n) is 1.84. The van der Waals surface area contributed by atoms with Gasteiger partial charge in [0.05, 0.1) is 0 Å². The maximum Gasteiger partial charge on any atom is 0.251 e. The number of carbonyl (C=O) groups is 1. The van der Waals surface area contributed by atoms with Crippen molar-refractivity contribution in [2.45, 2.75) is 26.3 Å². The molecule has 3 N–H and O–H groups in total. The van der Waals surface area contributed by atoms with Crippen LogP contribution in [0.5, 0.6) is 0 Å². The third-order valence-corrected chi connectivity index (χ3v) is 2.64. The second kappa shape index (κ2) is 5.23.